The molecule has 8 nitrogen and oxygen atoms in total. The van der Waals surface area contributed by atoms with Gasteiger partial charge in [0, 0.05) is 36.4 Å². The average Bonchev–Trinajstić information content (AvgIpc) is 2.96. The van der Waals surface area contributed by atoms with E-state index in [1.807, 2.05) is 44.2 Å². The van der Waals surface area contributed by atoms with E-state index < -0.39 is 24.0 Å². The number of carbonyl (C=O) groups excluding carboxylic acids is 3. The highest BCUT2D eigenvalue weighted by atomic mass is 16.5. The SMILES string of the molecule is COc1c2c(cc3c1C(c1cc4cc(C)ccc4n(CC(C)C)c1=O)CC(=O)O3)C=CCCCC(=O)CCCC(C)OC2=O. The molecule has 3 heterocycles. The lowest BCUT2D eigenvalue weighted by Crippen LogP contribution is -2.31. The Morgan fingerprint density at radius 1 is 1.05 bits per heavy atom. The molecule has 2 aliphatic heterocycles. The fraction of sp³-hybridized carbons (Fsp3) is 0.444. The summed E-state index contributed by atoms with van der Waals surface area (Å²) in [5, 5.41) is 0.896. The van der Waals surface area contributed by atoms with E-state index in [9.17, 15) is 19.2 Å². The molecule has 0 saturated carbocycles. The van der Waals surface area contributed by atoms with Crippen LogP contribution in [-0.2, 0) is 20.9 Å². The molecule has 0 radical (unpaired) electrons. The maximum Gasteiger partial charge on any atom is 0.342 e. The first-order valence-corrected chi connectivity index (χ1v) is 15.6. The monoisotopic (exact) mass is 599 g/mol. The molecule has 0 N–H and O–H groups in total. The number of Topliss-reactive ketones (excluding diaryl/α,β-unsaturated/α-hetero) is 1. The lowest BCUT2D eigenvalue weighted by molar-refractivity contribution is -0.135. The highest BCUT2D eigenvalue weighted by molar-refractivity contribution is 5.99. The Balaban J connectivity index is 1.73. The van der Waals surface area contributed by atoms with E-state index in [1.54, 1.807) is 16.7 Å². The van der Waals surface area contributed by atoms with Crippen molar-refractivity contribution in [2.45, 2.75) is 91.2 Å². The smallest absolute Gasteiger partial charge is 0.342 e. The number of nitrogens with zero attached hydrogens (tertiary/aromatic N) is 1. The number of fused-ring (bicyclic) bond motifs is 3. The van der Waals surface area contributed by atoms with Crippen molar-refractivity contribution in [1.29, 1.82) is 0 Å². The minimum Gasteiger partial charge on any atom is -0.495 e. The fourth-order valence-corrected chi connectivity index (χ4v) is 6.30. The van der Waals surface area contributed by atoms with Crippen LogP contribution in [0, 0.1) is 12.8 Å². The molecule has 0 spiro atoms. The van der Waals surface area contributed by atoms with Crippen molar-refractivity contribution in [3.05, 3.63) is 74.6 Å². The number of ether oxygens (including phenoxy) is 3. The van der Waals surface area contributed by atoms with Gasteiger partial charge in [-0.05, 0) is 80.7 Å². The van der Waals surface area contributed by atoms with Gasteiger partial charge >= 0.3 is 11.9 Å². The average molecular weight is 600 g/mol. The number of cyclic esters (lactones) is 1. The molecule has 8 heteroatoms. The van der Waals surface area contributed by atoms with Gasteiger partial charge in [-0.25, -0.2) is 4.79 Å². The van der Waals surface area contributed by atoms with Crippen LogP contribution in [0.1, 0.15) is 104 Å². The number of carbonyl (C=O) groups is 3. The fourth-order valence-electron chi connectivity index (χ4n) is 6.30. The van der Waals surface area contributed by atoms with E-state index in [1.165, 1.54) is 7.11 Å². The molecule has 3 aromatic rings. The van der Waals surface area contributed by atoms with Crippen molar-refractivity contribution >= 4 is 34.7 Å². The van der Waals surface area contributed by atoms with Gasteiger partial charge in [0.25, 0.3) is 5.56 Å². The minimum atomic E-state index is -0.698. The second-order valence-corrected chi connectivity index (χ2v) is 12.4. The van der Waals surface area contributed by atoms with Crippen molar-refractivity contribution in [3.8, 4) is 11.5 Å². The van der Waals surface area contributed by atoms with Gasteiger partial charge in [0.05, 0.1) is 25.2 Å². The van der Waals surface area contributed by atoms with Crippen LogP contribution in [0.15, 0.2) is 41.2 Å². The first kappa shape index (κ1) is 31.2. The van der Waals surface area contributed by atoms with Crippen LogP contribution in [0.2, 0.25) is 0 Å². The third-order valence-corrected chi connectivity index (χ3v) is 8.36. The molecule has 0 fully saturated rings. The van der Waals surface area contributed by atoms with E-state index >= 15 is 0 Å². The molecule has 2 aromatic carbocycles. The number of rotatable bonds is 4. The lowest BCUT2D eigenvalue weighted by Gasteiger charge is -2.29. The number of benzene rings is 2. The molecule has 0 saturated heterocycles. The molecular formula is C36H41NO7. The van der Waals surface area contributed by atoms with Crippen LogP contribution in [0.25, 0.3) is 17.0 Å². The molecule has 0 aliphatic carbocycles. The Bertz CT molecular complexity index is 1700. The van der Waals surface area contributed by atoms with E-state index in [4.69, 9.17) is 14.2 Å². The summed E-state index contributed by atoms with van der Waals surface area (Å²) in [4.78, 5) is 53.3. The lowest BCUT2D eigenvalue weighted by atomic mass is 9.83. The quantitative estimate of drug-likeness (QED) is 0.238. The summed E-state index contributed by atoms with van der Waals surface area (Å²) >= 11 is 0. The largest absolute Gasteiger partial charge is 0.495 e. The standard InChI is InChI=1S/C36H41NO7/c1-21(2)20-37-29-15-14-22(3)16-25(29)17-28(35(37)40)27-19-31(39)44-30-18-24-11-7-6-8-12-26(38)13-9-10-23(4)43-36(41)32(24)34(42-5)33(27)30/h7,11,14-18,21,23,27H,6,8-10,12-13,19-20H2,1-5H3. The number of pyridine rings is 1. The summed E-state index contributed by atoms with van der Waals surface area (Å²) in [6.07, 6.45) is 6.69. The molecule has 44 heavy (non-hydrogen) atoms. The van der Waals surface area contributed by atoms with Crippen LogP contribution >= 0.6 is 0 Å². The van der Waals surface area contributed by atoms with Gasteiger partial charge in [-0.3, -0.25) is 14.4 Å². The Labute approximate surface area is 258 Å². The van der Waals surface area contributed by atoms with Gasteiger partial charge in [0.2, 0.25) is 0 Å². The number of aromatic nitrogens is 1. The Morgan fingerprint density at radius 2 is 1.82 bits per heavy atom. The topological polar surface area (TPSA) is 101 Å². The van der Waals surface area contributed by atoms with E-state index in [0.717, 1.165) is 16.5 Å². The number of aryl methyl sites for hydroxylation is 1. The summed E-state index contributed by atoms with van der Waals surface area (Å²) in [7, 11) is 1.47. The van der Waals surface area contributed by atoms with Gasteiger partial charge in [-0.1, -0.05) is 37.6 Å². The normalized spacial score (nSPS) is 19.6. The van der Waals surface area contributed by atoms with Crippen molar-refractivity contribution in [2.24, 2.45) is 5.92 Å². The van der Waals surface area contributed by atoms with Crippen molar-refractivity contribution in [1.82, 2.24) is 4.57 Å². The van der Waals surface area contributed by atoms with E-state index in [0.29, 0.717) is 61.8 Å². The van der Waals surface area contributed by atoms with Crippen LogP contribution in [0.4, 0.5) is 0 Å². The summed E-state index contributed by atoms with van der Waals surface area (Å²) < 4.78 is 19.4. The Kier molecular flexibility index (Phi) is 9.37. The van der Waals surface area contributed by atoms with Crippen molar-refractivity contribution < 1.29 is 28.6 Å². The zero-order valence-corrected chi connectivity index (χ0v) is 26.2. The first-order valence-electron chi connectivity index (χ1n) is 15.6. The summed E-state index contributed by atoms with van der Waals surface area (Å²) in [6.45, 7) is 8.45. The number of hydrogen-bond acceptors (Lipinski definition) is 7. The Morgan fingerprint density at radius 3 is 2.57 bits per heavy atom. The Hall–Kier alpha value is -4.20. The molecule has 2 unspecified atom stereocenters. The van der Waals surface area contributed by atoms with Crippen molar-refractivity contribution in [3.63, 3.8) is 0 Å². The van der Waals surface area contributed by atoms with Crippen LogP contribution in [0.3, 0.4) is 0 Å². The zero-order valence-electron chi connectivity index (χ0n) is 26.2. The second kappa shape index (κ2) is 13.2. The predicted molar refractivity (Wildman–Crippen MR) is 169 cm³/mol. The molecule has 0 bridgehead atoms. The predicted octanol–water partition coefficient (Wildman–Crippen LogP) is 6.90. The zero-order chi connectivity index (χ0) is 31.5. The van der Waals surface area contributed by atoms with Gasteiger partial charge in [0.1, 0.15) is 22.8 Å². The number of methoxy groups -OCH3 is 1. The van der Waals surface area contributed by atoms with Crippen LogP contribution in [-0.4, -0.2) is 35.5 Å². The number of esters is 2. The summed E-state index contributed by atoms with van der Waals surface area (Å²) in [5.41, 5.74) is 3.34. The number of ketones is 1. The minimum absolute atomic E-state index is 0.0777. The highest BCUT2D eigenvalue weighted by Gasteiger charge is 2.37. The first-order chi connectivity index (χ1) is 21.1. The molecule has 1 aromatic heterocycles. The van der Waals surface area contributed by atoms with Crippen LogP contribution in [0.5, 0.6) is 11.5 Å². The van der Waals surface area contributed by atoms with E-state index in [-0.39, 0.29) is 40.7 Å². The van der Waals surface area contributed by atoms with Gasteiger partial charge in [-0.15, -0.1) is 0 Å². The van der Waals surface area contributed by atoms with Gasteiger partial charge < -0.3 is 18.8 Å². The third-order valence-electron chi connectivity index (χ3n) is 8.36. The van der Waals surface area contributed by atoms with E-state index in [2.05, 4.69) is 13.8 Å². The molecular weight excluding hydrogens is 558 g/mol. The van der Waals surface area contributed by atoms with Crippen LogP contribution < -0.4 is 15.0 Å². The molecule has 2 atom stereocenters. The van der Waals surface area contributed by atoms with Crippen molar-refractivity contribution in [2.75, 3.05) is 7.11 Å². The molecule has 5 rings (SSSR count). The molecule has 0 amide bonds. The second-order valence-electron chi connectivity index (χ2n) is 12.4. The van der Waals surface area contributed by atoms with Gasteiger partial charge in [0.15, 0.2) is 0 Å². The number of allylic oxidation sites excluding steroid dienone is 1. The number of hydrogen-bond donors (Lipinski definition) is 0. The summed E-state index contributed by atoms with van der Waals surface area (Å²) in [5.74, 6) is -0.830. The summed E-state index contributed by atoms with van der Waals surface area (Å²) in [6, 6.07) is 9.51. The maximum absolute atomic E-state index is 14.2. The molecule has 232 valence electrons. The molecule has 2 aliphatic rings. The third kappa shape index (κ3) is 6.49. The van der Waals surface area contributed by atoms with Gasteiger partial charge in [-0.2, -0.15) is 0 Å². The maximum atomic E-state index is 14.2. The highest BCUT2D eigenvalue weighted by Crippen LogP contribution is 2.47.